The van der Waals surface area contributed by atoms with Crippen molar-refractivity contribution in [1.29, 1.82) is 0 Å². The topological polar surface area (TPSA) is 111 Å². The second kappa shape index (κ2) is 9.59. The number of rotatable bonds is 7. The Morgan fingerprint density at radius 2 is 1.94 bits per heavy atom. The summed E-state index contributed by atoms with van der Waals surface area (Å²) >= 11 is 0. The molecule has 0 saturated carbocycles. The Bertz CT molecular complexity index is 1250. The average molecular weight is 487 g/mol. The number of carbonyl (C=O) groups excluding carboxylic acids is 1. The molecule has 1 N–H and O–H groups in total. The van der Waals surface area contributed by atoms with Gasteiger partial charge in [-0.3, -0.25) is 4.79 Å². The molecule has 3 aromatic rings. The zero-order chi connectivity index (χ0) is 24.5. The predicted molar refractivity (Wildman–Crippen MR) is 126 cm³/mol. The number of nitrogens with zero attached hydrogens (tertiary/aromatic N) is 5. The number of benzene rings is 1. The number of methoxy groups -OCH3 is 1. The minimum atomic E-state index is -3.69. The third kappa shape index (κ3) is 4.71. The van der Waals surface area contributed by atoms with E-state index >= 15 is 0 Å². The second-order valence-electron chi connectivity index (χ2n) is 8.53. The lowest BCUT2D eigenvalue weighted by molar-refractivity contribution is -0.126. The third-order valence-electron chi connectivity index (χ3n) is 6.35. The summed E-state index contributed by atoms with van der Waals surface area (Å²) in [4.78, 5) is 21.9. The Kier molecular flexibility index (Phi) is 6.76. The molecular weight excluding hydrogens is 456 g/mol. The predicted octanol–water partition coefficient (Wildman–Crippen LogP) is 1.78. The molecule has 1 saturated heterocycles. The fraction of sp³-hybridized carbons (Fsp3) is 0.435. The van der Waals surface area contributed by atoms with E-state index in [4.69, 9.17) is 4.74 Å². The molecule has 1 aromatic carbocycles. The minimum absolute atomic E-state index is 0.0447. The first-order valence-electron chi connectivity index (χ1n) is 11.1. The first kappa shape index (κ1) is 24.0. The van der Waals surface area contributed by atoms with Gasteiger partial charge in [0.2, 0.25) is 5.91 Å². The maximum Gasteiger partial charge on any atom is 0.262 e. The molecule has 3 heterocycles. The van der Waals surface area contributed by atoms with E-state index in [1.807, 2.05) is 42.1 Å². The van der Waals surface area contributed by atoms with Gasteiger partial charge in [0.15, 0.2) is 5.03 Å². The second-order valence-corrected chi connectivity index (χ2v) is 10.4. The molecule has 1 aliphatic heterocycles. The number of aromatic nitrogens is 4. The number of hydrogen-bond acceptors (Lipinski definition) is 6. The number of carbonyl (C=O) groups is 1. The zero-order valence-electron chi connectivity index (χ0n) is 19.8. The standard InChI is InChI=1S/C23H30N6O4S/c1-16-25-20(15-28(16)3)34(31,32)29-11-8-17(9-12-29)23(30)26-21(22-24-10-13-27(22)2)18-6-5-7-19(14-18)33-4/h5-7,10,13-15,17,21H,8-9,11-12H2,1-4H3,(H,26,30). The van der Waals surface area contributed by atoms with Gasteiger partial charge in [-0.15, -0.1) is 0 Å². The fourth-order valence-corrected chi connectivity index (χ4v) is 5.67. The van der Waals surface area contributed by atoms with Crippen LogP contribution in [0, 0.1) is 12.8 Å². The van der Waals surface area contributed by atoms with Crippen LogP contribution < -0.4 is 10.1 Å². The van der Waals surface area contributed by atoms with E-state index in [9.17, 15) is 13.2 Å². The Morgan fingerprint density at radius 3 is 2.53 bits per heavy atom. The normalized spacial score (nSPS) is 16.4. The molecule has 11 heteroatoms. The van der Waals surface area contributed by atoms with Crippen molar-refractivity contribution in [1.82, 2.24) is 28.7 Å². The van der Waals surface area contributed by atoms with E-state index < -0.39 is 16.1 Å². The summed E-state index contributed by atoms with van der Waals surface area (Å²) in [6.07, 6.45) is 5.91. The summed E-state index contributed by atoms with van der Waals surface area (Å²) < 4.78 is 36.3. The minimum Gasteiger partial charge on any atom is -0.497 e. The lowest BCUT2D eigenvalue weighted by Crippen LogP contribution is -2.44. The van der Waals surface area contributed by atoms with Crippen LogP contribution in [-0.2, 0) is 28.9 Å². The number of imidazole rings is 2. The number of nitrogens with one attached hydrogen (secondary N) is 1. The first-order valence-corrected chi connectivity index (χ1v) is 12.6. The SMILES string of the molecule is COc1cccc(C(NC(=O)C2CCN(S(=O)(=O)c3cn(C)c(C)n3)CC2)c2nccn2C)c1. The number of ether oxygens (including phenoxy) is 1. The van der Waals surface area contributed by atoms with Gasteiger partial charge in [0.1, 0.15) is 23.4 Å². The smallest absolute Gasteiger partial charge is 0.262 e. The third-order valence-corrected chi connectivity index (χ3v) is 8.12. The Morgan fingerprint density at radius 1 is 1.21 bits per heavy atom. The van der Waals surface area contributed by atoms with Crippen molar-refractivity contribution >= 4 is 15.9 Å². The summed E-state index contributed by atoms with van der Waals surface area (Å²) in [5, 5.41) is 3.18. The van der Waals surface area contributed by atoms with Crippen LogP contribution >= 0.6 is 0 Å². The van der Waals surface area contributed by atoms with E-state index in [-0.39, 0.29) is 29.9 Å². The van der Waals surface area contributed by atoms with Crippen LogP contribution in [0.25, 0.3) is 0 Å². The molecule has 0 spiro atoms. The van der Waals surface area contributed by atoms with Crippen molar-refractivity contribution in [2.24, 2.45) is 20.0 Å². The number of aryl methyl sites for hydroxylation is 3. The molecule has 1 unspecified atom stereocenters. The molecule has 1 fully saturated rings. The monoisotopic (exact) mass is 486 g/mol. The molecular formula is C23H30N6O4S. The lowest BCUT2D eigenvalue weighted by Gasteiger charge is -2.31. The van der Waals surface area contributed by atoms with Crippen molar-refractivity contribution in [2.75, 3.05) is 20.2 Å². The number of hydrogen-bond donors (Lipinski definition) is 1. The van der Waals surface area contributed by atoms with Crippen LogP contribution in [0.4, 0.5) is 0 Å². The van der Waals surface area contributed by atoms with Crippen LogP contribution in [0.2, 0.25) is 0 Å². The molecule has 1 amide bonds. The molecule has 0 aliphatic carbocycles. The Hall–Kier alpha value is -3.18. The molecule has 10 nitrogen and oxygen atoms in total. The zero-order valence-corrected chi connectivity index (χ0v) is 20.6. The fourth-order valence-electron chi connectivity index (χ4n) is 4.17. The van der Waals surface area contributed by atoms with Crippen molar-refractivity contribution in [3.8, 4) is 5.75 Å². The highest BCUT2D eigenvalue weighted by molar-refractivity contribution is 7.89. The number of amides is 1. The van der Waals surface area contributed by atoms with E-state index in [1.165, 1.54) is 10.5 Å². The summed E-state index contributed by atoms with van der Waals surface area (Å²) in [6.45, 7) is 2.29. The maximum absolute atomic E-state index is 13.3. The number of piperidine rings is 1. The summed E-state index contributed by atoms with van der Waals surface area (Å²) in [6, 6.07) is 7.07. The van der Waals surface area contributed by atoms with Crippen LogP contribution in [0.1, 0.15) is 36.1 Å². The Balaban J connectivity index is 1.47. The van der Waals surface area contributed by atoms with Crippen molar-refractivity contribution in [2.45, 2.75) is 30.8 Å². The number of sulfonamides is 1. The summed E-state index contributed by atoms with van der Waals surface area (Å²) in [5.41, 5.74) is 0.854. The average Bonchev–Trinajstić information content (AvgIpc) is 3.42. The maximum atomic E-state index is 13.3. The highest BCUT2D eigenvalue weighted by Gasteiger charge is 2.34. The molecule has 34 heavy (non-hydrogen) atoms. The van der Waals surface area contributed by atoms with Crippen molar-refractivity contribution in [3.05, 3.63) is 60.1 Å². The van der Waals surface area contributed by atoms with Gasteiger partial charge in [0, 0.05) is 51.7 Å². The molecule has 0 radical (unpaired) electrons. The van der Waals surface area contributed by atoms with Gasteiger partial charge in [-0.1, -0.05) is 12.1 Å². The van der Waals surface area contributed by atoms with Gasteiger partial charge in [0.05, 0.1) is 7.11 Å². The quantitative estimate of drug-likeness (QED) is 0.545. The molecule has 182 valence electrons. The largest absolute Gasteiger partial charge is 0.497 e. The molecule has 0 bridgehead atoms. The van der Waals surface area contributed by atoms with Gasteiger partial charge in [-0.05, 0) is 37.5 Å². The first-order chi connectivity index (χ1) is 16.2. The highest BCUT2D eigenvalue weighted by atomic mass is 32.2. The van der Waals surface area contributed by atoms with E-state index in [0.29, 0.717) is 30.2 Å². The van der Waals surface area contributed by atoms with Crippen molar-refractivity contribution in [3.63, 3.8) is 0 Å². The lowest BCUT2D eigenvalue weighted by atomic mass is 9.96. The summed E-state index contributed by atoms with van der Waals surface area (Å²) in [7, 11) is 1.56. The van der Waals surface area contributed by atoms with Gasteiger partial charge < -0.3 is 19.2 Å². The van der Waals surface area contributed by atoms with Gasteiger partial charge in [0.25, 0.3) is 10.0 Å². The molecule has 2 aromatic heterocycles. The highest BCUT2D eigenvalue weighted by Crippen LogP contribution is 2.27. The molecule has 1 atom stereocenters. The van der Waals surface area contributed by atoms with Crippen LogP contribution in [0.15, 0.2) is 47.9 Å². The van der Waals surface area contributed by atoms with E-state index in [2.05, 4.69) is 15.3 Å². The van der Waals surface area contributed by atoms with Gasteiger partial charge in [-0.25, -0.2) is 18.4 Å². The van der Waals surface area contributed by atoms with E-state index in [0.717, 1.165) is 5.56 Å². The molecule has 1 aliphatic rings. The molecule has 4 rings (SSSR count). The van der Waals surface area contributed by atoms with Crippen LogP contribution in [0.3, 0.4) is 0 Å². The summed E-state index contributed by atoms with van der Waals surface area (Å²) in [5.74, 6) is 1.60. The van der Waals surface area contributed by atoms with Crippen molar-refractivity contribution < 1.29 is 17.9 Å². The van der Waals surface area contributed by atoms with Crippen LogP contribution in [0.5, 0.6) is 5.75 Å². The van der Waals surface area contributed by atoms with E-state index in [1.54, 1.807) is 31.8 Å². The van der Waals surface area contributed by atoms with Gasteiger partial charge >= 0.3 is 0 Å². The van der Waals surface area contributed by atoms with Gasteiger partial charge in [-0.2, -0.15) is 4.31 Å². The van der Waals surface area contributed by atoms with Crippen LogP contribution in [-0.4, -0.2) is 57.9 Å². The Labute approximate surface area is 199 Å².